The number of halogens is 1. The molecule has 4 nitrogen and oxygen atoms in total. The van der Waals surface area contributed by atoms with E-state index in [0.29, 0.717) is 17.5 Å². The first kappa shape index (κ1) is 11.9. The fraction of sp³-hybridized carbons (Fsp3) is 0.333. The van der Waals surface area contributed by atoms with Crippen molar-refractivity contribution in [2.75, 3.05) is 5.32 Å². The Bertz CT molecular complexity index is 537. The molecule has 0 aliphatic carbocycles. The zero-order chi connectivity index (χ0) is 12.4. The van der Waals surface area contributed by atoms with Gasteiger partial charge in [0.1, 0.15) is 28.3 Å². The Morgan fingerprint density at radius 2 is 2.00 bits per heavy atom. The molecule has 2 rings (SSSR count). The predicted octanol–water partition coefficient (Wildman–Crippen LogP) is 3.26. The summed E-state index contributed by atoms with van der Waals surface area (Å²) < 4.78 is 5.47. The average molecular weight is 252 g/mol. The van der Waals surface area contributed by atoms with Crippen LogP contribution >= 0.6 is 11.6 Å². The second-order valence-electron chi connectivity index (χ2n) is 3.90. The Kier molecular flexibility index (Phi) is 3.33. The number of nitrogens with one attached hydrogen (secondary N) is 1. The van der Waals surface area contributed by atoms with E-state index in [1.807, 2.05) is 32.9 Å². The zero-order valence-corrected chi connectivity index (χ0v) is 10.8. The van der Waals surface area contributed by atoms with Gasteiger partial charge in [0.05, 0.1) is 6.54 Å². The Labute approximate surface area is 105 Å². The van der Waals surface area contributed by atoms with E-state index in [-0.39, 0.29) is 0 Å². The zero-order valence-electron chi connectivity index (χ0n) is 10.0. The van der Waals surface area contributed by atoms with Gasteiger partial charge in [-0.25, -0.2) is 9.97 Å². The molecule has 0 amide bonds. The minimum Gasteiger partial charge on any atom is -0.465 e. The van der Waals surface area contributed by atoms with Gasteiger partial charge in [0.25, 0.3) is 0 Å². The van der Waals surface area contributed by atoms with E-state index in [0.717, 1.165) is 22.9 Å². The summed E-state index contributed by atoms with van der Waals surface area (Å²) in [7, 11) is 0. The van der Waals surface area contributed by atoms with Crippen LogP contribution in [0.15, 0.2) is 16.5 Å². The number of nitrogens with zero attached hydrogens (tertiary/aromatic N) is 2. The Morgan fingerprint density at radius 3 is 2.65 bits per heavy atom. The molecule has 0 radical (unpaired) electrons. The van der Waals surface area contributed by atoms with Gasteiger partial charge in [-0.15, -0.1) is 0 Å². The van der Waals surface area contributed by atoms with E-state index in [9.17, 15) is 0 Å². The van der Waals surface area contributed by atoms with Crippen LogP contribution in [0.1, 0.15) is 22.9 Å². The van der Waals surface area contributed by atoms with Crippen LogP contribution in [-0.2, 0) is 6.54 Å². The van der Waals surface area contributed by atoms with Crippen LogP contribution in [0, 0.1) is 20.8 Å². The highest BCUT2D eigenvalue weighted by molar-refractivity contribution is 6.30. The number of furan rings is 1. The van der Waals surface area contributed by atoms with E-state index in [1.54, 1.807) is 0 Å². The standard InChI is InChI=1S/C12H14ClN3O/c1-7-4-5-10(17-7)6-14-12-8(2)11(13)15-9(3)16-12/h4-5H,6H2,1-3H3,(H,14,15,16). The molecule has 0 saturated heterocycles. The minimum absolute atomic E-state index is 0.482. The quantitative estimate of drug-likeness (QED) is 0.851. The SMILES string of the molecule is Cc1nc(Cl)c(C)c(NCc2ccc(C)o2)n1. The molecule has 0 aromatic carbocycles. The van der Waals surface area contributed by atoms with Crippen molar-refractivity contribution in [1.82, 2.24) is 9.97 Å². The third-order valence-electron chi connectivity index (χ3n) is 2.42. The highest BCUT2D eigenvalue weighted by atomic mass is 35.5. The molecular weight excluding hydrogens is 238 g/mol. The van der Waals surface area contributed by atoms with E-state index in [2.05, 4.69) is 15.3 Å². The molecule has 0 fully saturated rings. The van der Waals surface area contributed by atoms with Crippen molar-refractivity contribution in [3.05, 3.63) is 40.2 Å². The topological polar surface area (TPSA) is 51.0 Å². The van der Waals surface area contributed by atoms with Gasteiger partial charge in [-0.05, 0) is 32.9 Å². The van der Waals surface area contributed by atoms with Gasteiger partial charge in [0.15, 0.2) is 0 Å². The molecule has 1 N–H and O–H groups in total. The summed E-state index contributed by atoms with van der Waals surface area (Å²) in [6.45, 7) is 6.20. The normalized spacial score (nSPS) is 10.6. The lowest BCUT2D eigenvalue weighted by Gasteiger charge is -2.08. The first-order valence-corrected chi connectivity index (χ1v) is 5.74. The first-order chi connectivity index (χ1) is 8.06. The maximum absolute atomic E-state index is 5.99. The lowest BCUT2D eigenvalue weighted by molar-refractivity contribution is 0.490. The van der Waals surface area contributed by atoms with Gasteiger partial charge < -0.3 is 9.73 Å². The van der Waals surface area contributed by atoms with Crippen LogP contribution in [0.25, 0.3) is 0 Å². The fourth-order valence-corrected chi connectivity index (χ4v) is 1.73. The maximum Gasteiger partial charge on any atom is 0.137 e. The molecule has 0 aliphatic heterocycles. The monoisotopic (exact) mass is 251 g/mol. The van der Waals surface area contributed by atoms with Crippen LogP contribution < -0.4 is 5.32 Å². The van der Waals surface area contributed by atoms with E-state index < -0.39 is 0 Å². The molecule has 2 aromatic rings. The average Bonchev–Trinajstić information content (AvgIpc) is 2.67. The van der Waals surface area contributed by atoms with Crippen LogP contribution in [0.4, 0.5) is 5.82 Å². The summed E-state index contributed by atoms with van der Waals surface area (Å²) >= 11 is 5.99. The smallest absolute Gasteiger partial charge is 0.137 e. The molecule has 0 saturated carbocycles. The minimum atomic E-state index is 0.482. The number of aryl methyl sites for hydroxylation is 2. The Hall–Kier alpha value is -1.55. The molecule has 0 atom stereocenters. The van der Waals surface area contributed by atoms with Crippen molar-refractivity contribution in [2.45, 2.75) is 27.3 Å². The molecule has 0 unspecified atom stereocenters. The second kappa shape index (κ2) is 4.75. The van der Waals surface area contributed by atoms with Crippen molar-refractivity contribution in [2.24, 2.45) is 0 Å². The molecule has 2 aromatic heterocycles. The number of hydrogen-bond donors (Lipinski definition) is 1. The van der Waals surface area contributed by atoms with Crippen LogP contribution in [-0.4, -0.2) is 9.97 Å². The first-order valence-electron chi connectivity index (χ1n) is 5.36. The van der Waals surface area contributed by atoms with E-state index >= 15 is 0 Å². The van der Waals surface area contributed by atoms with Crippen molar-refractivity contribution >= 4 is 17.4 Å². The van der Waals surface area contributed by atoms with Gasteiger partial charge in [-0.1, -0.05) is 11.6 Å². The van der Waals surface area contributed by atoms with Crippen LogP contribution in [0.2, 0.25) is 5.15 Å². The Balaban J connectivity index is 2.14. The van der Waals surface area contributed by atoms with Gasteiger partial charge in [-0.2, -0.15) is 0 Å². The largest absolute Gasteiger partial charge is 0.465 e. The van der Waals surface area contributed by atoms with Gasteiger partial charge >= 0.3 is 0 Å². The van der Waals surface area contributed by atoms with Crippen molar-refractivity contribution in [1.29, 1.82) is 0 Å². The van der Waals surface area contributed by atoms with Crippen molar-refractivity contribution < 1.29 is 4.42 Å². The molecule has 17 heavy (non-hydrogen) atoms. The maximum atomic E-state index is 5.99. The fourth-order valence-electron chi connectivity index (χ4n) is 1.52. The van der Waals surface area contributed by atoms with E-state index in [4.69, 9.17) is 16.0 Å². The number of rotatable bonds is 3. The summed E-state index contributed by atoms with van der Waals surface area (Å²) in [5, 5.41) is 3.68. The molecule has 5 heteroatoms. The van der Waals surface area contributed by atoms with Crippen molar-refractivity contribution in [3.8, 4) is 0 Å². The second-order valence-corrected chi connectivity index (χ2v) is 4.26. The van der Waals surface area contributed by atoms with Crippen LogP contribution in [0.3, 0.4) is 0 Å². The summed E-state index contributed by atoms with van der Waals surface area (Å²) in [6.07, 6.45) is 0. The molecule has 0 spiro atoms. The molecule has 2 heterocycles. The summed E-state index contributed by atoms with van der Waals surface area (Å²) in [5.74, 6) is 3.17. The van der Waals surface area contributed by atoms with E-state index in [1.165, 1.54) is 0 Å². The summed E-state index contributed by atoms with van der Waals surface area (Å²) in [5.41, 5.74) is 0.848. The molecule has 0 aliphatic rings. The summed E-state index contributed by atoms with van der Waals surface area (Å²) in [4.78, 5) is 8.39. The number of anilines is 1. The lowest BCUT2D eigenvalue weighted by atomic mass is 10.3. The number of aromatic nitrogens is 2. The van der Waals surface area contributed by atoms with Gasteiger partial charge in [0.2, 0.25) is 0 Å². The van der Waals surface area contributed by atoms with Gasteiger partial charge in [-0.3, -0.25) is 0 Å². The third-order valence-corrected chi connectivity index (χ3v) is 2.79. The Morgan fingerprint density at radius 1 is 1.24 bits per heavy atom. The molecule has 0 bridgehead atoms. The predicted molar refractivity (Wildman–Crippen MR) is 67.3 cm³/mol. The highest BCUT2D eigenvalue weighted by Gasteiger charge is 2.07. The van der Waals surface area contributed by atoms with Gasteiger partial charge in [0, 0.05) is 5.56 Å². The lowest BCUT2D eigenvalue weighted by Crippen LogP contribution is -2.05. The molecular formula is C12H14ClN3O. The summed E-state index contributed by atoms with van der Waals surface area (Å²) in [6, 6.07) is 3.87. The highest BCUT2D eigenvalue weighted by Crippen LogP contribution is 2.20. The third kappa shape index (κ3) is 2.77. The van der Waals surface area contributed by atoms with Crippen LogP contribution in [0.5, 0.6) is 0 Å². The molecule has 90 valence electrons. The van der Waals surface area contributed by atoms with Crippen molar-refractivity contribution in [3.63, 3.8) is 0 Å². The number of hydrogen-bond acceptors (Lipinski definition) is 4.